The molecule has 0 spiro atoms. The normalized spacial score (nSPS) is 12.3. The van der Waals surface area contributed by atoms with E-state index < -0.39 is 0 Å². The Bertz CT molecular complexity index is 820. The van der Waals surface area contributed by atoms with Crippen LogP contribution >= 0.6 is 0 Å². The minimum Gasteiger partial charge on any atom is -0.342 e. The average Bonchev–Trinajstić information content (AvgIpc) is 3.25. The summed E-state index contributed by atoms with van der Waals surface area (Å²) in [5, 5.41) is 14.0. The first-order valence-corrected chi connectivity index (χ1v) is 8.29. The molecule has 3 aromatic rings. The third kappa shape index (κ3) is 3.93. The number of aryl methyl sites for hydroxylation is 1. The molecule has 0 saturated carbocycles. The van der Waals surface area contributed by atoms with Crippen LogP contribution in [0, 0.1) is 5.92 Å². The maximum absolute atomic E-state index is 12.7. The molecule has 0 aliphatic carbocycles. The van der Waals surface area contributed by atoms with Gasteiger partial charge in [-0.1, -0.05) is 26.0 Å². The number of hydrogen-bond donors (Lipinski definition) is 2. The lowest BCUT2D eigenvalue weighted by Gasteiger charge is -2.20. The van der Waals surface area contributed by atoms with E-state index in [0.717, 1.165) is 23.5 Å². The Hall–Kier alpha value is -2.96. The Labute approximate surface area is 146 Å². The molecule has 0 aliphatic rings. The molecule has 7 nitrogen and oxygen atoms in total. The first-order chi connectivity index (χ1) is 12.0. The van der Waals surface area contributed by atoms with Gasteiger partial charge in [0.05, 0.1) is 11.7 Å². The molecule has 2 heterocycles. The maximum Gasteiger partial charge on any atom is 0.251 e. The van der Waals surface area contributed by atoms with Crippen LogP contribution in [-0.4, -0.2) is 30.9 Å². The van der Waals surface area contributed by atoms with E-state index in [-0.39, 0.29) is 11.9 Å². The number of aromatic amines is 1. The number of carbonyl (C=O) groups is 1. The van der Waals surface area contributed by atoms with Crippen molar-refractivity contribution in [2.45, 2.75) is 26.3 Å². The monoisotopic (exact) mass is 338 g/mol. The minimum absolute atomic E-state index is 0.121. The van der Waals surface area contributed by atoms with Crippen LogP contribution in [-0.2, 0) is 7.05 Å². The number of aromatic nitrogens is 5. The van der Waals surface area contributed by atoms with E-state index in [0.29, 0.717) is 11.5 Å². The first kappa shape index (κ1) is 16.9. The molecule has 0 radical (unpaired) electrons. The van der Waals surface area contributed by atoms with E-state index in [1.807, 2.05) is 37.4 Å². The number of carbonyl (C=O) groups excluding carboxylic acids is 1. The summed E-state index contributed by atoms with van der Waals surface area (Å²) in [5.74, 6) is 1.06. The summed E-state index contributed by atoms with van der Waals surface area (Å²) < 4.78 is 1.70. The fourth-order valence-electron chi connectivity index (χ4n) is 2.78. The minimum atomic E-state index is -0.174. The molecule has 0 saturated heterocycles. The van der Waals surface area contributed by atoms with Gasteiger partial charge in [-0.25, -0.2) is 4.98 Å². The van der Waals surface area contributed by atoms with Crippen molar-refractivity contribution < 1.29 is 4.79 Å². The molecule has 1 atom stereocenters. The van der Waals surface area contributed by atoms with E-state index in [1.54, 1.807) is 10.9 Å². The molecule has 0 unspecified atom stereocenters. The second-order valence-electron chi connectivity index (χ2n) is 6.45. The quantitative estimate of drug-likeness (QED) is 0.723. The Morgan fingerprint density at radius 1 is 1.24 bits per heavy atom. The van der Waals surface area contributed by atoms with Crippen molar-refractivity contribution in [1.29, 1.82) is 0 Å². The summed E-state index contributed by atoms with van der Waals surface area (Å²) in [4.78, 5) is 16.9. The van der Waals surface area contributed by atoms with Gasteiger partial charge in [-0.15, -0.1) is 0 Å². The SMILES string of the molecule is CC(C)C[C@@H](NC(=O)c1ccc(-c2ccn[nH]2)cc1)c1ncnn1C. The number of rotatable bonds is 6. The van der Waals surface area contributed by atoms with Crippen LogP contribution in [0.1, 0.15) is 42.5 Å². The van der Waals surface area contributed by atoms with Gasteiger partial charge in [0.15, 0.2) is 0 Å². The van der Waals surface area contributed by atoms with E-state index in [4.69, 9.17) is 0 Å². The van der Waals surface area contributed by atoms with Gasteiger partial charge in [0.2, 0.25) is 0 Å². The predicted molar refractivity (Wildman–Crippen MR) is 94.7 cm³/mol. The van der Waals surface area contributed by atoms with Gasteiger partial charge in [0.25, 0.3) is 5.91 Å². The van der Waals surface area contributed by atoms with Crippen LogP contribution < -0.4 is 5.32 Å². The van der Waals surface area contributed by atoms with Crippen molar-refractivity contribution in [2.75, 3.05) is 0 Å². The van der Waals surface area contributed by atoms with Crippen molar-refractivity contribution in [3.05, 3.63) is 54.2 Å². The maximum atomic E-state index is 12.7. The molecule has 1 aromatic carbocycles. The summed E-state index contributed by atoms with van der Waals surface area (Å²) in [7, 11) is 1.83. The van der Waals surface area contributed by atoms with Crippen molar-refractivity contribution in [2.24, 2.45) is 13.0 Å². The fraction of sp³-hybridized carbons (Fsp3) is 0.333. The Morgan fingerprint density at radius 2 is 2.00 bits per heavy atom. The van der Waals surface area contributed by atoms with Gasteiger partial charge in [0.1, 0.15) is 12.2 Å². The average molecular weight is 338 g/mol. The van der Waals surface area contributed by atoms with E-state index in [1.165, 1.54) is 6.33 Å². The second-order valence-corrected chi connectivity index (χ2v) is 6.45. The number of H-pyrrole nitrogens is 1. The summed E-state index contributed by atoms with van der Waals surface area (Å²) in [6.07, 6.45) is 4.01. The lowest BCUT2D eigenvalue weighted by molar-refractivity contribution is 0.0929. The zero-order valence-electron chi connectivity index (χ0n) is 14.6. The molecular formula is C18H22N6O. The van der Waals surface area contributed by atoms with Gasteiger partial charge in [-0.05, 0) is 36.1 Å². The Morgan fingerprint density at radius 3 is 2.56 bits per heavy atom. The third-order valence-electron chi connectivity index (χ3n) is 4.03. The number of benzene rings is 1. The second kappa shape index (κ2) is 7.29. The first-order valence-electron chi connectivity index (χ1n) is 8.29. The van der Waals surface area contributed by atoms with Gasteiger partial charge in [0, 0.05) is 18.8 Å². The molecule has 3 rings (SSSR count). The third-order valence-corrected chi connectivity index (χ3v) is 4.03. The van der Waals surface area contributed by atoms with Crippen LogP contribution in [0.5, 0.6) is 0 Å². The number of nitrogens with zero attached hydrogens (tertiary/aromatic N) is 4. The Kier molecular flexibility index (Phi) is 4.92. The van der Waals surface area contributed by atoms with Crippen molar-refractivity contribution in [1.82, 2.24) is 30.3 Å². The van der Waals surface area contributed by atoms with E-state index in [9.17, 15) is 4.79 Å². The highest BCUT2D eigenvalue weighted by molar-refractivity contribution is 5.94. The zero-order chi connectivity index (χ0) is 17.8. The van der Waals surface area contributed by atoms with Crippen LogP contribution in [0.2, 0.25) is 0 Å². The smallest absolute Gasteiger partial charge is 0.251 e. The summed E-state index contributed by atoms with van der Waals surface area (Å²) in [6.45, 7) is 4.24. The highest BCUT2D eigenvalue weighted by Gasteiger charge is 2.21. The van der Waals surface area contributed by atoms with Crippen molar-refractivity contribution in [3.8, 4) is 11.3 Å². The molecule has 0 bridgehead atoms. The molecule has 7 heteroatoms. The van der Waals surface area contributed by atoms with Crippen LogP contribution in [0.15, 0.2) is 42.9 Å². The zero-order valence-corrected chi connectivity index (χ0v) is 14.6. The molecule has 130 valence electrons. The highest BCUT2D eigenvalue weighted by Crippen LogP contribution is 2.21. The lowest BCUT2D eigenvalue weighted by Crippen LogP contribution is -2.31. The summed E-state index contributed by atoms with van der Waals surface area (Å²) in [6, 6.07) is 9.16. The van der Waals surface area contributed by atoms with Crippen LogP contribution in [0.4, 0.5) is 0 Å². The van der Waals surface area contributed by atoms with Gasteiger partial charge in [-0.2, -0.15) is 10.2 Å². The summed E-state index contributed by atoms with van der Waals surface area (Å²) >= 11 is 0. The molecule has 0 fully saturated rings. The summed E-state index contributed by atoms with van der Waals surface area (Å²) in [5.41, 5.74) is 2.52. The molecule has 2 aromatic heterocycles. The molecule has 2 N–H and O–H groups in total. The Balaban J connectivity index is 1.76. The molecule has 1 amide bonds. The predicted octanol–water partition coefficient (Wildman–Crippen LogP) is 2.72. The molecule has 0 aliphatic heterocycles. The molecular weight excluding hydrogens is 316 g/mol. The van der Waals surface area contributed by atoms with Crippen molar-refractivity contribution >= 4 is 5.91 Å². The van der Waals surface area contributed by atoms with Crippen LogP contribution in [0.25, 0.3) is 11.3 Å². The topological polar surface area (TPSA) is 88.5 Å². The fourth-order valence-corrected chi connectivity index (χ4v) is 2.78. The number of nitrogens with one attached hydrogen (secondary N) is 2. The largest absolute Gasteiger partial charge is 0.342 e. The van der Waals surface area contributed by atoms with Crippen LogP contribution in [0.3, 0.4) is 0 Å². The lowest BCUT2D eigenvalue weighted by atomic mass is 10.0. The number of amides is 1. The van der Waals surface area contributed by atoms with Gasteiger partial charge < -0.3 is 5.32 Å². The molecule has 25 heavy (non-hydrogen) atoms. The van der Waals surface area contributed by atoms with E-state index in [2.05, 4.69) is 39.4 Å². The highest BCUT2D eigenvalue weighted by atomic mass is 16.1. The van der Waals surface area contributed by atoms with E-state index >= 15 is 0 Å². The van der Waals surface area contributed by atoms with Gasteiger partial charge >= 0.3 is 0 Å². The van der Waals surface area contributed by atoms with Crippen molar-refractivity contribution in [3.63, 3.8) is 0 Å². The number of hydrogen-bond acceptors (Lipinski definition) is 4. The standard InChI is InChI=1S/C18H22N6O/c1-12(2)10-16(17-19-11-21-24(17)3)22-18(25)14-6-4-13(5-7-14)15-8-9-20-23-15/h4-9,11-12,16H,10H2,1-3H3,(H,20,23)(H,22,25)/t16-/m1/s1. The van der Waals surface area contributed by atoms with Gasteiger partial charge in [-0.3, -0.25) is 14.6 Å².